The number of anilines is 1. The van der Waals surface area contributed by atoms with E-state index in [2.05, 4.69) is 15.3 Å². The molecule has 3 aromatic carbocycles. The summed E-state index contributed by atoms with van der Waals surface area (Å²) in [5, 5.41) is 16.6. The zero-order valence-corrected chi connectivity index (χ0v) is 18.0. The molecule has 0 unspecified atom stereocenters. The molecule has 4 rings (SSSR count). The van der Waals surface area contributed by atoms with Crippen LogP contribution in [0.4, 0.5) is 5.95 Å². The molecule has 0 aliphatic carbocycles. The number of carbonyl (C=O) groups excluding carboxylic acids is 1. The third-order valence-corrected chi connectivity index (χ3v) is 5.34. The summed E-state index contributed by atoms with van der Waals surface area (Å²) >= 11 is 6.65. The number of aromatic hydroxyl groups is 1. The molecule has 1 aromatic heterocycles. The quantitative estimate of drug-likeness (QED) is 0.390. The smallest absolute Gasteiger partial charge is 0.307 e. The number of aryl methyl sites for hydroxylation is 1. The summed E-state index contributed by atoms with van der Waals surface area (Å²) in [5.41, 5.74) is 3.10. The van der Waals surface area contributed by atoms with Gasteiger partial charge >= 0.3 is 5.97 Å². The van der Waals surface area contributed by atoms with Crippen molar-refractivity contribution in [2.24, 2.45) is 0 Å². The van der Waals surface area contributed by atoms with E-state index in [0.29, 0.717) is 24.1 Å². The van der Waals surface area contributed by atoms with Crippen molar-refractivity contribution in [2.75, 3.05) is 18.5 Å². The molecule has 1 heterocycles. The zero-order chi connectivity index (χ0) is 22.0. The Labute approximate surface area is 184 Å². The predicted molar refractivity (Wildman–Crippen MR) is 124 cm³/mol. The van der Waals surface area contributed by atoms with Crippen LogP contribution in [-0.4, -0.2) is 34.2 Å². The van der Waals surface area contributed by atoms with E-state index in [0.717, 1.165) is 38.5 Å². The largest absolute Gasteiger partial charge is 0.508 e. The number of hydrogen-bond donors (Lipinski definition) is 2. The number of fused-ring (bicyclic) bond motifs is 2. The third-order valence-electron chi connectivity index (χ3n) is 5.03. The minimum Gasteiger partial charge on any atom is -0.508 e. The van der Waals surface area contributed by atoms with E-state index >= 15 is 0 Å². The second kappa shape index (κ2) is 8.78. The monoisotopic (exact) mass is 435 g/mol. The summed E-state index contributed by atoms with van der Waals surface area (Å²) in [6.45, 7) is 4.40. The number of nitrogens with zero attached hydrogens (tertiary/aromatic N) is 2. The van der Waals surface area contributed by atoms with Crippen LogP contribution in [-0.2, 0) is 9.53 Å². The van der Waals surface area contributed by atoms with Crippen LogP contribution in [0.1, 0.15) is 19.0 Å². The van der Waals surface area contributed by atoms with Gasteiger partial charge in [-0.05, 0) is 54.4 Å². The average Bonchev–Trinajstić information content (AvgIpc) is 2.73. The molecular formula is C24H22ClN3O3. The number of rotatable bonds is 6. The van der Waals surface area contributed by atoms with Crippen molar-refractivity contribution in [3.8, 4) is 16.9 Å². The van der Waals surface area contributed by atoms with E-state index < -0.39 is 0 Å². The van der Waals surface area contributed by atoms with Crippen LogP contribution >= 0.6 is 11.6 Å². The highest BCUT2D eigenvalue weighted by molar-refractivity contribution is 6.34. The Balaban J connectivity index is 1.75. The minimum atomic E-state index is -0.266. The van der Waals surface area contributed by atoms with Crippen molar-refractivity contribution < 1.29 is 14.6 Å². The Bertz CT molecular complexity index is 1290. The fraction of sp³-hybridized carbons (Fsp3) is 0.208. The molecule has 0 aliphatic heterocycles. The second-order valence-corrected chi connectivity index (χ2v) is 7.59. The number of halogens is 1. The van der Waals surface area contributed by atoms with Crippen LogP contribution in [0.2, 0.25) is 5.02 Å². The molecule has 2 N–H and O–H groups in total. The summed E-state index contributed by atoms with van der Waals surface area (Å²) in [6, 6.07) is 15.0. The Morgan fingerprint density at radius 2 is 1.90 bits per heavy atom. The van der Waals surface area contributed by atoms with E-state index in [9.17, 15) is 9.90 Å². The number of phenolic OH excluding ortho intramolecular Hbond substituents is 1. The first-order valence-electron chi connectivity index (χ1n) is 10.1. The maximum atomic E-state index is 11.5. The number of esters is 1. The van der Waals surface area contributed by atoms with Crippen LogP contribution in [0.15, 0.2) is 48.5 Å². The molecule has 0 spiro atoms. The highest BCUT2D eigenvalue weighted by Gasteiger charge is 2.14. The van der Waals surface area contributed by atoms with Gasteiger partial charge in [0.15, 0.2) is 0 Å². The first kappa shape index (κ1) is 20.9. The Hall–Kier alpha value is -3.38. The summed E-state index contributed by atoms with van der Waals surface area (Å²) in [4.78, 5) is 20.6. The van der Waals surface area contributed by atoms with Gasteiger partial charge in [-0.25, -0.2) is 9.97 Å². The number of phenols is 1. The lowest BCUT2D eigenvalue weighted by atomic mass is 9.96. The molecule has 6 nitrogen and oxygen atoms in total. The van der Waals surface area contributed by atoms with Crippen LogP contribution in [0.5, 0.6) is 5.75 Å². The van der Waals surface area contributed by atoms with Crippen molar-refractivity contribution in [3.63, 3.8) is 0 Å². The molecule has 0 bridgehead atoms. The van der Waals surface area contributed by atoms with E-state index in [1.807, 2.05) is 43.3 Å². The molecule has 0 atom stereocenters. The van der Waals surface area contributed by atoms with Crippen LogP contribution < -0.4 is 5.32 Å². The standard InChI is InChI=1S/C24H22ClN3O3/c1-3-31-23(30)8-9-26-24-27-14(2)18-12-21(25)20(13-22(18)28-24)19-11-16(29)10-15-6-4-5-7-17(15)19/h4-7,10-13,29H,3,8-9H2,1-2H3,(H,26,27,28). The molecule has 0 saturated carbocycles. The van der Waals surface area contributed by atoms with Gasteiger partial charge in [-0.3, -0.25) is 4.79 Å². The number of nitrogens with one attached hydrogen (secondary N) is 1. The van der Waals surface area contributed by atoms with Gasteiger partial charge in [-0.2, -0.15) is 0 Å². The Morgan fingerprint density at radius 3 is 2.71 bits per heavy atom. The first-order valence-corrected chi connectivity index (χ1v) is 10.4. The van der Waals surface area contributed by atoms with Gasteiger partial charge < -0.3 is 15.2 Å². The second-order valence-electron chi connectivity index (χ2n) is 7.18. The number of aromatic nitrogens is 2. The van der Waals surface area contributed by atoms with E-state index in [1.165, 1.54) is 0 Å². The molecular weight excluding hydrogens is 414 g/mol. The lowest BCUT2D eigenvalue weighted by molar-refractivity contribution is -0.142. The van der Waals surface area contributed by atoms with E-state index in [1.54, 1.807) is 19.1 Å². The van der Waals surface area contributed by atoms with E-state index in [4.69, 9.17) is 16.3 Å². The molecule has 0 aliphatic rings. The maximum absolute atomic E-state index is 11.5. The molecule has 158 valence electrons. The first-order chi connectivity index (χ1) is 15.0. The zero-order valence-electron chi connectivity index (χ0n) is 17.3. The highest BCUT2D eigenvalue weighted by Crippen LogP contribution is 2.38. The van der Waals surface area contributed by atoms with Crippen LogP contribution in [0.3, 0.4) is 0 Å². The summed E-state index contributed by atoms with van der Waals surface area (Å²) in [7, 11) is 0. The van der Waals surface area contributed by atoms with Crippen molar-refractivity contribution in [1.29, 1.82) is 0 Å². The fourth-order valence-corrected chi connectivity index (χ4v) is 3.88. The summed E-state index contributed by atoms with van der Waals surface area (Å²) in [6.07, 6.45) is 0.232. The van der Waals surface area contributed by atoms with Crippen LogP contribution in [0, 0.1) is 6.92 Å². The molecule has 4 aromatic rings. The third kappa shape index (κ3) is 4.39. The number of benzene rings is 3. The Kier molecular flexibility index (Phi) is 5.91. The van der Waals surface area contributed by atoms with Gasteiger partial charge in [0.2, 0.25) is 5.95 Å². The number of carbonyl (C=O) groups is 1. The molecule has 7 heteroatoms. The van der Waals surface area contributed by atoms with Gasteiger partial charge in [-0.1, -0.05) is 35.9 Å². The van der Waals surface area contributed by atoms with Crippen molar-refractivity contribution in [3.05, 3.63) is 59.2 Å². The lowest BCUT2D eigenvalue weighted by Gasteiger charge is -2.13. The van der Waals surface area contributed by atoms with Gasteiger partial charge in [0.25, 0.3) is 0 Å². The molecule has 0 fully saturated rings. The van der Waals surface area contributed by atoms with Gasteiger partial charge in [0, 0.05) is 22.5 Å². The Morgan fingerprint density at radius 1 is 1.10 bits per heavy atom. The fourth-order valence-electron chi connectivity index (χ4n) is 3.61. The molecule has 0 radical (unpaired) electrons. The normalized spacial score (nSPS) is 11.1. The lowest BCUT2D eigenvalue weighted by Crippen LogP contribution is -2.13. The van der Waals surface area contributed by atoms with Crippen molar-refractivity contribution in [2.45, 2.75) is 20.3 Å². The SMILES string of the molecule is CCOC(=O)CCNc1nc(C)c2cc(Cl)c(-c3cc(O)cc4ccccc34)cc2n1. The van der Waals surface area contributed by atoms with Gasteiger partial charge in [0.1, 0.15) is 5.75 Å². The van der Waals surface area contributed by atoms with Gasteiger partial charge in [-0.15, -0.1) is 0 Å². The molecule has 0 amide bonds. The number of hydrogen-bond acceptors (Lipinski definition) is 6. The average molecular weight is 436 g/mol. The van der Waals surface area contributed by atoms with E-state index in [-0.39, 0.29) is 18.1 Å². The minimum absolute atomic E-state index is 0.171. The highest BCUT2D eigenvalue weighted by atomic mass is 35.5. The van der Waals surface area contributed by atoms with Gasteiger partial charge in [0.05, 0.1) is 24.2 Å². The summed E-state index contributed by atoms with van der Waals surface area (Å²) in [5.74, 6) is 0.339. The predicted octanol–water partition coefficient (Wildman–Crippen LogP) is 5.48. The van der Waals surface area contributed by atoms with Crippen molar-refractivity contribution in [1.82, 2.24) is 9.97 Å². The number of ether oxygens (including phenoxy) is 1. The maximum Gasteiger partial charge on any atom is 0.307 e. The van der Waals surface area contributed by atoms with Crippen molar-refractivity contribution >= 4 is 45.2 Å². The van der Waals surface area contributed by atoms with Crippen LogP contribution in [0.25, 0.3) is 32.8 Å². The molecule has 0 saturated heterocycles. The topological polar surface area (TPSA) is 84.3 Å². The molecule has 31 heavy (non-hydrogen) atoms. The summed E-state index contributed by atoms with van der Waals surface area (Å²) < 4.78 is 4.94.